The van der Waals surface area contributed by atoms with Crippen molar-refractivity contribution >= 4 is 11.8 Å². The summed E-state index contributed by atoms with van der Waals surface area (Å²) in [5, 5.41) is 87.1. The van der Waals surface area contributed by atoms with E-state index in [1.165, 1.54) is 48.2 Å². The standard InChI is InChI=1S/C37H30O11S/c38-20-9-6-18(7-10-20)33-32(44)35(49-16-17-4-2-1-3-5-17)29-25(43)15-27-30(34(29)46-33)31-28-24(42)13-21(39)14-26(28)47-37(48-27,36(31)45)19-8-11-22(40)23(41)12-19/h1-15,31-33,35-36,38-45H,16H2/t31-,32+,33-,35+,36-,37+/m1/s1. The van der Waals surface area contributed by atoms with E-state index in [4.69, 9.17) is 14.2 Å². The Morgan fingerprint density at radius 2 is 1.33 bits per heavy atom. The smallest absolute Gasteiger partial charge is 0.305 e. The van der Waals surface area contributed by atoms with E-state index in [1.807, 2.05) is 30.3 Å². The van der Waals surface area contributed by atoms with E-state index in [0.29, 0.717) is 11.3 Å². The highest BCUT2D eigenvalue weighted by molar-refractivity contribution is 7.98. The maximum Gasteiger partial charge on any atom is 0.305 e. The van der Waals surface area contributed by atoms with Crippen LogP contribution in [0.15, 0.2) is 91.0 Å². The van der Waals surface area contributed by atoms with Crippen LogP contribution < -0.4 is 14.2 Å². The Balaban J connectivity index is 1.36. The number of benzene rings is 5. The molecule has 3 aliphatic rings. The second kappa shape index (κ2) is 11.3. The van der Waals surface area contributed by atoms with Gasteiger partial charge in [-0.25, -0.2) is 0 Å². The van der Waals surface area contributed by atoms with Crippen LogP contribution in [0.2, 0.25) is 0 Å². The van der Waals surface area contributed by atoms with E-state index in [1.54, 1.807) is 12.1 Å². The molecule has 6 atom stereocenters. The molecule has 0 spiro atoms. The van der Waals surface area contributed by atoms with Gasteiger partial charge >= 0.3 is 5.79 Å². The Morgan fingerprint density at radius 3 is 2.04 bits per heavy atom. The maximum absolute atomic E-state index is 12.2. The van der Waals surface area contributed by atoms with E-state index in [-0.39, 0.29) is 56.8 Å². The topological polar surface area (TPSA) is 190 Å². The predicted octanol–water partition coefficient (Wildman–Crippen LogP) is 5.52. The molecule has 0 aromatic heterocycles. The summed E-state index contributed by atoms with van der Waals surface area (Å²) in [6.07, 6.45) is -3.81. The molecule has 0 saturated heterocycles. The molecule has 0 fully saturated rings. The SMILES string of the molecule is Oc1ccc([C@H]2Oc3c4c(cc(O)c3[C@H](SCc3ccccc3)[C@H]2O)O[C@]2(c3ccc(O)c(O)c3)Oc3cc(O)cc(O)c3[C@H]4[C@H]2O)cc1. The molecule has 0 amide bonds. The number of aliphatic hydroxyl groups excluding tert-OH is 2. The lowest BCUT2D eigenvalue weighted by molar-refractivity contribution is -0.219. The molecule has 250 valence electrons. The third-order valence-corrected chi connectivity index (χ3v) is 10.6. The molecule has 0 saturated carbocycles. The maximum atomic E-state index is 12.2. The molecule has 3 aliphatic heterocycles. The lowest BCUT2D eigenvalue weighted by atomic mass is 9.74. The molecule has 0 aliphatic carbocycles. The van der Waals surface area contributed by atoms with Gasteiger partial charge in [0.1, 0.15) is 52.5 Å². The zero-order valence-electron chi connectivity index (χ0n) is 25.5. The third kappa shape index (κ3) is 4.82. The first-order chi connectivity index (χ1) is 23.6. The number of aromatic hydroxyl groups is 6. The van der Waals surface area contributed by atoms with Crippen LogP contribution in [0.25, 0.3) is 0 Å². The van der Waals surface area contributed by atoms with Crippen LogP contribution in [0.4, 0.5) is 0 Å². The number of phenolic OH excluding ortho intramolecular Hbond substituents is 6. The molecule has 49 heavy (non-hydrogen) atoms. The third-order valence-electron chi connectivity index (χ3n) is 9.28. The molecule has 3 heterocycles. The second-order valence-electron chi connectivity index (χ2n) is 12.3. The van der Waals surface area contributed by atoms with Gasteiger partial charge in [0.2, 0.25) is 0 Å². The van der Waals surface area contributed by atoms with Crippen molar-refractivity contribution in [3.63, 3.8) is 0 Å². The first kappa shape index (κ1) is 30.9. The fourth-order valence-electron chi connectivity index (χ4n) is 7.00. The van der Waals surface area contributed by atoms with Crippen molar-refractivity contribution in [2.45, 2.75) is 41.0 Å². The van der Waals surface area contributed by atoms with Gasteiger partial charge in [0.15, 0.2) is 17.6 Å². The van der Waals surface area contributed by atoms with Crippen LogP contribution in [-0.4, -0.2) is 53.1 Å². The largest absolute Gasteiger partial charge is 0.508 e. The van der Waals surface area contributed by atoms with Gasteiger partial charge in [0.25, 0.3) is 0 Å². The van der Waals surface area contributed by atoms with Crippen LogP contribution in [-0.2, 0) is 11.5 Å². The summed E-state index contributed by atoms with van der Waals surface area (Å²) < 4.78 is 19.3. The predicted molar refractivity (Wildman–Crippen MR) is 176 cm³/mol. The number of aliphatic hydroxyl groups is 2. The van der Waals surface area contributed by atoms with Crippen LogP contribution in [0.3, 0.4) is 0 Å². The highest BCUT2D eigenvalue weighted by Gasteiger charge is 2.60. The summed E-state index contributed by atoms with van der Waals surface area (Å²) in [7, 11) is 0. The Kier molecular flexibility index (Phi) is 7.14. The highest BCUT2D eigenvalue weighted by atomic mass is 32.2. The molecule has 12 heteroatoms. The number of hydrogen-bond acceptors (Lipinski definition) is 12. The van der Waals surface area contributed by atoms with Crippen molar-refractivity contribution in [3.05, 3.63) is 124 Å². The normalized spacial score (nSPS) is 24.7. The zero-order chi connectivity index (χ0) is 34.2. The summed E-state index contributed by atoms with van der Waals surface area (Å²) in [4.78, 5) is 0. The van der Waals surface area contributed by atoms with E-state index in [2.05, 4.69) is 0 Å². The van der Waals surface area contributed by atoms with Crippen molar-refractivity contribution in [1.29, 1.82) is 0 Å². The molecule has 0 radical (unpaired) electrons. The molecule has 8 N–H and O–H groups in total. The molecular formula is C37H30O11S. The number of thioether (sulfide) groups is 1. The fourth-order valence-corrected chi connectivity index (χ4v) is 8.30. The van der Waals surface area contributed by atoms with E-state index < -0.39 is 52.5 Å². The minimum atomic E-state index is -2.09. The summed E-state index contributed by atoms with van der Waals surface area (Å²) >= 11 is 1.38. The Labute approximate surface area is 283 Å². The minimum absolute atomic E-state index is 0.0184. The van der Waals surface area contributed by atoms with Gasteiger partial charge in [-0.3, -0.25) is 0 Å². The molecule has 0 unspecified atom stereocenters. The van der Waals surface area contributed by atoms with E-state index >= 15 is 0 Å². The van der Waals surface area contributed by atoms with Crippen molar-refractivity contribution in [2.24, 2.45) is 0 Å². The Bertz CT molecular complexity index is 2090. The zero-order valence-corrected chi connectivity index (χ0v) is 26.3. The van der Waals surface area contributed by atoms with E-state index in [9.17, 15) is 40.9 Å². The van der Waals surface area contributed by atoms with Gasteiger partial charge in [-0.15, -0.1) is 11.8 Å². The summed E-state index contributed by atoms with van der Waals surface area (Å²) in [6, 6.07) is 23.2. The van der Waals surface area contributed by atoms with Crippen molar-refractivity contribution < 1.29 is 55.1 Å². The Morgan fingerprint density at radius 1 is 0.633 bits per heavy atom. The van der Waals surface area contributed by atoms with Crippen molar-refractivity contribution in [3.8, 4) is 51.7 Å². The average molecular weight is 683 g/mol. The molecule has 5 aromatic rings. The summed E-state index contributed by atoms with van der Waals surface area (Å²) in [5.74, 6) is -4.60. The number of fused-ring (bicyclic) bond motifs is 8. The molecule has 2 bridgehead atoms. The lowest BCUT2D eigenvalue weighted by Crippen LogP contribution is -2.57. The lowest BCUT2D eigenvalue weighted by Gasteiger charge is -2.51. The molecular weight excluding hydrogens is 652 g/mol. The van der Waals surface area contributed by atoms with Crippen LogP contribution in [0, 0.1) is 0 Å². The molecule has 11 nitrogen and oxygen atoms in total. The first-order valence-electron chi connectivity index (χ1n) is 15.4. The van der Waals surface area contributed by atoms with Crippen LogP contribution in [0.1, 0.15) is 50.7 Å². The highest BCUT2D eigenvalue weighted by Crippen LogP contribution is 2.64. The van der Waals surface area contributed by atoms with Crippen LogP contribution >= 0.6 is 11.8 Å². The number of phenols is 6. The number of ether oxygens (including phenoxy) is 3. The summed E-state index contributed by atoms with van der Waals surface area (Å²) in [5.41, 5.74) is 2.20. The van der Waals surface area contributed by atoms with Crippen LogP contribution in [0.5, 0.6) is 51.7 Å². The average Bonchev–Trinajstić information content (AvgIpc) is 3.07. The molecule has 5 aromatic carbocycles. The van der Waals surface area contributed by atoms with Crippen molar-refractivity contribution in [1.82, 2.24) is 0 Å². The van der Waals surface area contributed by atoms with Gasteiger partial charge < -0.3 is 55.1 Å². The van der Waals surface area contributed by atoms with Gasteiger partial charge in [0.05, 0.1) is 16.7 Å². The Hall–Kier alpha value is -5.43. The van der Waals surface area contributed by atoms with E-state index in [0.717, 1.165) is 17.7 Å². The fraction of sp³-hybridized carbons (Fsp3) is 0.189. The quantitative estimate of drug-likeness (QED) is 0.109. The van der Waals surface area contributed by atoms with Gasteiger partial charge in [-0.2, -0.15) is 0 Å². The van der Waals surface area contributed by atoms with Gasteiger partial charge in [-0.05, 0) is 41.5 Å². The monoisotopic (exact) mass is 682 g/mol. The number of rotatable bonds is 5. The molecule has 8 rings (SSSR count). The second-order valence-corrected chi connectivity index (χ2v) is 13.4. The number of hydrogen-bond donors (Lipinski definition) is 8. The minimum Gasteiger partial charge on any atom is -0.508 e. The van der Waals surface area contributed by atoms with Gasteiger partial charge in [-0.1, -0.05) is 42.5 Å². The first-order valence-corrected chi connectivity index (χ1v) is 16.4. The van der Waals surface area contributed by atoms with Gasteiger partial charge in [0, 0.05) is 40.6 Å². The summed E-state index contributed by atoms with van der Waals surface area (Å²) in [6.45, 7) is 0. The van der Waals surface area contributed by atoms with Crippen molar-refractivity contribution in [2.75, 3.05) is 0 Å².